The number of anilines is 1. The zero-order valence-electron chi connectivity index (χ0n) is 22.3. The van der Waals surface area contributed by atoms with E-state index in [9.17, 15) is 13.2 Å². The second kappa shape index (κ2) is 9.51. The normalized spacial score (nSPS) is 17.1. The quantitative estimate of drug-likeness (QED) is 0.360. The van der Waals surface area contributed by atoms with Crippen LogP contribution >= 0.6 is 0 Å². The van der Waals surface area contributed by atoms with Crippen LogP contribution in [0.4, 0.5) is 5.82 Å². The first-order valence-corrected chi connectivity index (χ1v) is 14.2. The number of hydrogen-bond acceptors (Lipinski definition) is 6. The molecule has 5 rings (SSSR count). The number of aromatic nitrogens is 2. The van der Waals surface area contributed by atoms with Gasteiger partial charge >= 0.3 is 0 Å². The fraction of sp³-hybridized carbons (Fsp3) is 0.300. The lowest BCUT2D eigenvalue weighted by Crippen LogP contribution is -2.41. The van der Waals surface area contributed by atoms with Crippen LogP contribution in [0.25, 0.3) is 22.0 Å². The molecule has 0 radical (unpaired) electrons. The van der Waals surface area contributed by atoms with E-state index in [2.05, 4.69) is 66.6 Å². The van der Waals surface area contributed by atoms with E-state index in [1.165, 1.54) is 23.9 Å². The Morgan fingerprint density at radius 2 is 1.74 bits per heavy atom. The maximum absolute atomic E-state index is 13.5. The second-order valence-electron chi connectivity index (χ2n) is 10.8. The lowest BCUT2D eigenvalue weighted by atomic mass is 9.96. The van der Waals surface area contributed by atoms with Gasteiger partial charge in [-0.2, -0.15) is 0 Å². The van der Waals surface area contributed by atoms with Gasteiger partial charge in [-0.3, -0.25) is 9.78 Å². The van der Waals surface area contributed by atoms with Crippen LogP contribution in [0, 0.1) is 19.8 Å². The van der Waals surface area contributed by atoms with Crippen LogP contribution < -0.4 is 9.62 Å². The third kappa shape index (κ3) is 4.65. The molecule has 196 valence electrons. The van der Waals surface area contributed by atoms with Crippen molar-refractivity contribution < 1.29 is 13.2 Å². The number of carbonyl (C=O) groups is 1. The molecule has 0 aliphatic carbocycles. The molecule has 0 unspecified atom stereocenters. The Bertz CT molecular complexity index is 1660. The van der Waals surface area contributed by atoms with Gasteiger partial charge in [0.25, 0.3) is 15.9 Å². The van der Waals surface area contributed by atoms with Crippen molar-refractivity contribution in [1.82, 2.24) is 14.7 Å². The highest BCUT2D eigenvalue weighted by atomic mass is 32.2. The summed E-state index contributed by atoms with van der Waals surface area (Å²) in [4.78, 5) is 24.7. The van der Waals surface area contributed by atoms with Gasteiger partial charge in [-0.25, -0.2) is 18.1 Å². The molecule has 8 heteroatoms. The molecule has 1 saturated heterocycles. The maximum atomic E-state index is 13.5. The molecule has 0 spiro atoms. The number of amides is 1. The van der Waals surface area contributed by atoms with Crippen LogP contribution in [-0.2, 0) is 10.0 Å². The summed E-state index contributed by atoms with van der Waals surface area (Å²) in [6, 6.07) is 18.8. The Balaban J connectivity index is 1.63. The Morgan fingerprint density at radius 1 is 1.00 bits per heavy atom. The molecule has 7 nitrogen and oxygen atoms in total. The summed E-state index contributed by atoms with van der Waals surface area (Å²) in [7, 11) is -4.12. The number of fused-ring (bicyclic) bond motifs is 1. The van der Waals surface area contributed by atoms with Gasteiger partial charge in [-0.05, 0) is 80.6 Å². The third-order valence-corrected chi connectivity index (χ3v) is 8.81. The van der Waals surface area contributed by atoms with Gasteiger partial charge in [-0.1, -0.05) is 43.3 Å². The predicted molar refractivity (Wildman–Crippen MR) is 151 cm³/mol. The summed E-state index contributed by atoms with van der Waals surface area (Å²) >= 11 is 0. The topological polar surface area (TPSA) is 92.3 Å². The highest BCUT2D eigenvalue weighted by Crippen LogP contribution is 2.39. The van der Waals surface area contributed by atoms with Crippen molar-refractivity contribution in [3.8, 4) is 11.3 Å². The van der Waals surface area contributed by atoms with Crippen molar-refractivity contribution in [3.63, 3.8) is 0 Å². The van der Waals surface area contributed by atoms with Crippen molar-refractivity contribution in [1.29, 1.82) is 0 Å². The molecule has 3 heterocycles. The molecule has 0 bridgehead atoms. The molecular formula is C30H32N4O3S. The fourth-order valence-electron chi connectivity index (χ4n) is 5.60. The largest absolute Gasteiger partial charge is 0.351 e. The van der Waals surface area contributed by atoms with Gasteiger partial charge in [0, 0.05) is 23.8 Å². The number of benzene rings is 2. The van der Waals surface area contributed by atoms with Crippen molar-refractivity contribution in [2.75, 3.05) is 11.4 Å². The van der Waals surface area contributed by atoms with E-state index in [0.717, 1.165) is 28.5 Å². The van der Waals surface area contributed by atoms with E-state index in [1.807, 2.05) is 12.1 Å². The van der Waals surface area contributed by atoms with Gasteiger partial charge in [0.05, 0.1) is 17.0 Å². The molecule has 2 aromatic carbocycles. The van der Waals surface area contributed by atoms with E-state index in [4.69, 9.17) is 4.98 Å². The summed E-state index contributed by atoms with van der Waals surface area (Å²) in [5.74, 6) is 0.164. The molecule has 1 amide bonds. The molecular weight excluding hydrogens is 496 g/mol. The minimum atomic E-state index is -4.12. The van der Waals surface area contributed by atoms with Crippen LogP contribution in [-0.4, -0.2) is 36.4 Å². The van der Waals surface area contributed by atoms with Gasteiger partial charge in [0.15, 0.2) is 0 Å². The molecule has 0 saturated carbocycles. The van der Waals surface area contributed by atoms with Crippen LogP contribution in [0.1, 0.15) is 48.8 Å². The van der Waals surface area contributed by atoms with Crippen molar-refractivity contribution in [2.24, 2.45) is 5.92 Å². The van der Waals surface area contributed by atoms with Crippen molar-refractivity contribution in [3.05, 3.63) is 83.7 Å². The fourth-order valence-corrected chi connectivity index (χ4v) is 6.76. The minimum absolute atomic E-state index is 0.0271. The number of nitrogens with one attached hydrogen (secondary N) is 1. The molecule has 2 aromatic heterocycles. The number of hydrogen-bond donors (Lipinski definition) is 1. The summed E-state index contributed by atoms with van der Waals surface area (Å²) < 4.78 is 28.5. The third-order valence-electron chi connectivity index (χ3n) is 7.34. The molecule has 1 aliphatic heterocycles. The molecule has 1 atom stereocenters. The highest BCUT2D eigenvalue weighted by molar-refractivity contribution is 7.90. The highest BCUT2D eigenvalue weighted by Gasteiger charge is 2.39. The van der Waals surface area contributed by atoms with E-state index in [0.29, 0.717) is 24.0 Å². The van der Waals surface area contributed by atoms with Crippen LogP contribution in [0.5, 0.6) is 0 Å². The van der Waals surface area contributed by atoms with Gasteiger partial charge in [0.1, 0.15) is 10.7 Å². The lowest BCUT2D eigenvalue weighted by Gasteiger charge is -2.34. The van der Waals surface area contributed by atoms with Crippen LogP contribution in [0.3, 0.4) is 0 Å². The number of nitrogens with zero attached hydrogens (tertiary/aromatic N) is 3. The Labute approximate surface area is 224 Å². The lowest BCUT2D eigenvalue weighted by molar-refractivity contribution is 0.0981. The zero-order valence-corrected chi connectivity index (χ0v) is 23.1. The Hall–Kier alpha value is -3.78. The predicted octanol–water partition coefficient (Wildman–Crippen LogP) is 5.66. The second-order valence-corrected chi connectivity index (χ2v) is 12.4. The van der Waals surface area contributed by atoms with Gasteiger partial charge in [-0.15, -0.1) is 0 Å². The molecule has 1 fully saturated rings. The summed E-state index contributed by atoms with van der Waals surface area (Å²) in [5.41, 5.74) is 3.15. The Kier molecular flexibility index (Phi) is 6.47. The van der Waals surface area contributed by atoms with E-state index >= 15 is 0 Å². The van der Waals surface area contributed by atoms with E-state index in [1.54, 1.807) is 19.1 Å². The monoisotopic (exact) mass is 528 g/mol. The van der Waals surface area contributed by atoms with Gasteiger partial charge < -0.3 is 4.90 Å². The van der Waals surface area contributed by atoms with Crippen LogP contribution in [0.15, 0.2) is 71.8 Å². The molecule has 1 N–H and O–H groups in total. The first kappa shape index (κ1) is 25.9. The average Bonchev–Trinajstić information content (AvgIpc) is 3.15. The number of rotatable bonds is 5. The van der Waals surface area contributed by atoms with Gasteiger partial charge in [0.2, 0.25) is 0 Å². The summed E-state index contributed by atoms with van der Waals surface area (Å²) in [6.07, 6.45) is 2.45. The van der Waals surface area contributed by atoms with E-state index < -0.39 is 15.9 Å². The standard InChI is InChI=1S/C30H32N4O3S/c1-19-17-30(4,5)34(18-19)28-25(29(35)33-38(36,37)27-11-8-16-31-21(27)3)14-15-26(32-28)24-13-12-20(2)22-9-6-7-10-23(22)24/h6-16,19H,17-18H2,1-5H3,(H,33,35)/t19-/m0/s1. The van der Waals surface area contributed by atoms with Crippen LogP contribution in [0.2, 0.25) is 0 Å². The number of carbonyl (C=O) groups excluding carboxylic acids is 1. The molecule has 38 heavy (non-hydrogen) atoms. The Morgan fingerprint density at radius 3 is 2.42 bits per heavy atom. The number of sulfonamides is 1. The first-order valence-electron chi connectivity index (χ1n) is 12.7. The average molecular weight is 529 g/mol. The smallest absolute Gasteiger partial charge is 0.268 e. The number of pyridine rings is 2. The zero-order chi connectivity index (χ0) is 27.2. The number of aryl methyl sites for hydroxylation is 2. The molecule has 4 aromatic rings. The van der Waals surface area contributed by atoms with Crippen molar-refractivity contribution in [2.45, 2.75) is 51.5 Å². The molecule has 1 aliphatic rings. The maximum Gasteiger partial charge on any atom is 0.268 e. The van der Waals surface area contributed by atoms with Crippen molar-refractivity contribution >= 4 is 32.5 Å². The SMILES string of the molecule is Cc1ncccc1S(=O)(=O)NC(=O)c1ccc(-c2ccc(C)c3ccccc23)nc1N1C[C@@H](C)CC1(C)C. The summed E-state index contributed by atoms with van der Waals surface area (Å²) in [5, 5.41) is 2.22. The van der Waals surface area contributed by atoms with E-state index in [-0.39, 0.29) is 16.0 Å². The summed E-state index contributed by atoms with van der Waals surface area (Å²) in [6.45, 7) is 10.8. The minimum Gasteiger partial charge on any atom is -0.351 e. The first-order chi connectivity index (χ1) is 18.0.